The second-order valence-corrected chi connectivity index (χ2v) is 6.73. The number of hydrogen-bond acceptors (Lipinski definition) is 2. The Bertz CT molecular complexity index is 679. The van der Waals surface area contributed by atoms with Crippen LogP contribution in [0.15, 0.2) is 48.5 Å². The van der Waals surface area contributed by atoms with Gasteiger partial charge in [0.2, 0.25) is 10.0 Å². The maximum absolute atomic E-state index is 12.1. The molecule has 0 spiro atoms. The van der Waals surface area contributed by atoms with Crippen LogP contribution in [0.3, 0.4) is 0 Å². The zero-order valence-corrected chi connectivity index (χ0v) is 12.6. The van der Waals surface area contributed by atoms with E-state index in [1.54, 1.807) is 0 Å². The monoisotopic (exact) mass is 289 g/mol. The van der Waals surface area contributed by atoms with Crippen LogP contribution in [0, 0.1) is 13.8 Å². The summed E-state index contributed by atoms with van der Waals surface area (Å²) in [6.07, 6.45) is 0. The van der Waals surface area contributed by atoms with Gasteiger partial charge in [0.25, 0.3) is 0 Å². The second-order valence-electron chi connectivity index (χ2n) is 4.92. The predicted octanol–water partition coefficient (Wildman–Crippen LogP) is 2.92. The molecule has 3 nitrogen and oxygen atoms in total. The first-order chi connectivity index (χ1) is 9.48. The van der Waals surface area contributed by atoms with E-state index in [1.165, 1.54) is 5.56 Å². The van der Waals surface area contributed by atoms with Crippen LogP contribution in [0.25, 0.3) is 0 Å². The van der Waals surface area contributed by atoms with E-state index >= 15 is 0 Å². The largest absolute Gasteiger partial charge is 0.216 e. The topological polar surface area (TPSA) is 46.2 Å². The molecule has 0 amide bonds. The first-order valence-electron chi connectivity index (χ1n) is 6.54. The van der Waals surface area contributed by atoms with E-state index in [1.807, 2.05) is 62.4 Å². The van der Waals surface area contributed by atoms with Crippen molar-refractivity contribution >= 4 is 10.0 Å². The summed E-state index contributed by atoms with van der Waals surface area (Å²) in [5, 5.41) is 0. The molecule has 20 heavy (non-hydrogen) atoms. The van der Waals surface area contributed by atoms with Crippen LogP contribution in [-0.2, 0) is 22.3 Å². The van der Waals surface area contributed by atoms with Crippen LogP contribution >= 0.6 is 0 Å². The summed E-state index contributed by atoms with van der Waals surface area (Å²) in [4.78, 5) is 0. The summed E-state index contributed by atoms with van der Waals surface area (Å²) in [5.41, 5.74) is 4.11. The molecule has 0 radical (unpaired) electrons. The van der Waals surface area contributed by atoms with Gasteiger partial charge in [0.05, 0.1) is 5.75 Å². The Balaban J connectivity index is 2.04. The molecule has 106 valence electrons. The van der Waals surface area contributed by atoms with E-state index in [-0.39, 0.29) is 5.75 Å². The van der Waals surface area contributed by atoms with E-state index in [9.17, 15) is 8.42 Å². The van der Waals surface area contributed by atoms with Crippen molar-refractivity contribution in [2.24, 2.45) is 0 Å². The Labute approximate surface area is 120 Å². The maximum Gasteiger partial charge on any atom is 0.216 e. The van der Waals surface area contributed by atoms with Crippen molar-refractivity contribution in [1.29, 1.82) is 0 Å². The highest BCUT2D eigenvalue weighted by atomic mass is 32.2. The molecule has 0 bridgehead atoms. The Hall–Kier alpha value is -1.65. The number of aryl methyl sites for hydroxylation is 1. The molecule has 4 heteroatoms. The van der Waals surface area contributed by atoms with Gasteiger partial charge in [-0.3, -0.25) is 0 Å². The number of hydrogen-bond donors (Lipinski definition) is 1. The predicted molar refractivity (Wildman–Crippen MR) is 81.8 cm³/mol. The Kier molecular flexibility index (Phi) is 4.57. The lowest BCUT2D eigenvalue weighted by molar-refractivity contribution is 0.580. The molecule has 0 heterocycles. The van der Waals surface area contributed by atoms with E-state index in [4.69, 9.17) is 0 Å². The first-order valence-corrected chi connectivity index (χ1v) is 8.19. The Morgan fingerprint density at radius 2 is 1.65 bits per heavy atom. The molecular weight excluding hydrogens is 270 g/mol. The molecule has 0 saturated carbocycles. The number of sulfonamides is 1. The van der Waals surface area contributed by atoms with Gasteiger partial charge in [-0.25, -0.2) is 13.1 Å². The highest BCUT2D eigenvalue weighted by molar-refractivity contribution is 7.88. The molecule has 0 fully saturated rings. The van der Waals surface area contributed by atoms with Crippen molar-refractivity contribution in [2.75, 3.05) is 0 Å². The first kappa shape index (κ1) is 14.8. The van der Waals surface area contributed by atoms with Crippen LogP contribution < -0.4 is 4.72 Å². The highest BCUT2D eigenvalue weighted by Gasteiger charge is 2.11. The fourth-order valence-corrected chi connectivity index (χ4v) is 3.14. The molecule has 1 N–H and O–H groups in total. The fraction of sp³-hybridized carbons (Fsp3) is 0.250. The minimum absolute atomic E-state index is 0.0126. The van der Waals surface area contributed by atoms with Gasteiger partial charge < -0.3 is 0 Å². The number of nitrogens with one attached hydrogen (secondary N) is 1. The van der Waals surface area contributed by atoms with Crippen molar-refractivity contribution < 1.29 is 8.42 Å². The molecule has 0 atom stereocenters. The van der Waals surface area contributed by atoms with Crippen molar-refractivity contribution in [3.8, 4) is 0 Å². The molecule has 0 aliphatic carbocycles. The van der Waals surface area contributed by atoms with Crippen LogP contribution in [0.4, 0.5) is 0 Å². The van der Waals surface area contributed by atoms with Gasteiger partial charge in [-0.05, 0) is 36.1 Å². The molecule has 0 unspecified atom stereocenters. The minimum Gasteiger partial charge on any atom is -0.212 e. The average molecular weight is 289 g/mol. The van der Waals surface area contributed by atoms with Gasteiger partial charge in [-0.2, -0.15) is 0 Å². The third-order valence-corrected chi connectivity index (χ3v) is 4.70. The number of rotatable bonds is 5. The van der Waals surface area contributed by atoms with Crippen molar-refractivity contribution in [1.82, 2.24) is 4.72 Å². The molecule has 2 aromatic carbocycles. The highest BCUT2D eigenvalue weighted by Crippen LogP contribution is 2.13. The van der Waals surface area contributed by atoms with Gasteiger partial charge in [0.1, 0.15) is 0 Å². The third kappa shape index (κ3) is 3.92. The summed E-state index contributed by atoms with van der Waals surface area (Å²) in [6.45, 7) is 4.37. The fourth-order valence-electron chi connectivity index (χ4n) is 2.04. The standard InChI is InChI=1S/C16H19NO2S/c1-13-7-6-10-16(14(13)2)11-17-20(18,19)12-15-8-4-3-5-9-15/h3-10,17H,11-12H2,1-2H3. The molecular formula is C16H19NO2S. The maximum atomic E-state index is 12.1. The van der Waals surface area contributed by atoms with E-state index < -0.39 is 10.0 Å². The minimum atomic E-state index is -3.31. The van der Waals surface area contributed by atoms with Gasteiger partial charge >= 0.3 is 0 Å². The third-order valence-electron chi connectivity index (χ3n) is 3.40. The molecule has 0 aliphatic rings. The number of benzene rings is 2. The molecule has 2 aromatic rings. The zero-order valence-electron chi connectivity index (χ0n) is 11.8. The summed E-state index contributed by atoms with van der Waals surface area (Å²) < 4.78 is 26.8. The van der Waals surface area contributed by atoms with Gasteiger partial charge in [-0.1, -0.05) is 48.5 Å². The van der Waals surface area contributed by atoms with Crippen LogP contribution in [-0.4, -0.2) is 8.42 Å². The Morgan fingerprint density at radius 3 is 2.35 bits per heavy atom. The smallest absolute Gasteiger partial charge is 0.212 e. The van der Waals surface area contributed by atoms with Gasteiger partial charge in [0, 0.05) is 6.54 Å². The van der Waals surface area contributed by atoms with Crippen LogP contribution in [0.2, 0.25) is 0 Å². The van der Waals surface area contributed by atoms with Crippen molar-refractivity contribution in [2.45, 2.75) is 26.1 Å². The van der Waals surface area contributed by atoms with Crippen molar-refractivity contribution in [3.63, 3.8) is 0 Å². The lowest BCUT2D eigenvalue weighted by Crippen LogP contribution is -2.25. The lowest BCUT2D eigenvalue weighted by atomic mass is 10.0. The van der Waals surface area contributed by atoms with E-state index in [0.717, 1.165) is 16.7 Å². The summed E-state index contributed by atoms with van der Waals surface area (Å²) in [7, 11) is -3.31. The molecule has 0 aromatic heterocycles. The Morgan fingerprint density at radius 1 is 0.950 bits per heavy atom. The quantitative estimate of drug-likeness (QED) is 0.920. The summed E-state index contributed by atoms with van der Waals surface area (Å²) in [6, 6.07) is 15.1. The summed E-state index contributed by atoms with van der Waals surface area (Å²) in [5.74, 6) is 0.0126. The SMILES string of the molecule is Cc1cccc(CNS(=O)(=O)Cc2ccccc2)c1C. The molecule has 0 aliphatic heterocycles. The van der Waals surface area contributed by atoms with E-state index in [0.29, 0.717) is 6.54 Å². The summed E-state index contributed by atoms with van der Waals surface area (Å²) >= 11 is 0. The zero-order chi connectivity index (χ0) is 14.6. The van der Waals surface area contributed by atoms with Crippen LogP contribution in [0.5, 0.6) is 0 Å². The second kappa shape index (κ2) is 6.20. The normalized spacial score (nSPS) is 11.5. The molecule has 2 rings (SSSR count). The lowest BCUT2D eigenvalue weighted by Gasteiger charge is -2.10. The van der Waals surface area contributed by atoms with Crippen LogP contribution in [0.1, 0.15) is 22.3 Å². The molecule has 0 saturated heterocycles. The average Bonchev–Trinajstić information content (AvgIpc) is 2.41. The van der Waals surface area contributed by atoms with E-state index in [2.05, 4.69) is 4.72 Å². The van der Waals surface area contributed by atoms with Gasteiger partial charge in [-0.15, -0.1) is 0 Å². The van der Waals surface area contributed by atoms with Crippen molar-refractivity contribution in [3.05, 3.63) is 70.8 Å². The van der Waals surface area contributed by atoms with Gasteiger partial charge in [0.15, 0.2) is 0 Å².